The summed E-state index contributed by atoms with van der Waals surface area (Å²) in [7, 11) is 0. The summed E-state index contributed by atoms with van der Waals surface area (Å²) in [4.78, 5) is 12.5. The van der Waals surface area contributed by atoms with E-state index in [4.69, 9.17) is 16.7 Å². The number of carbonyl (C=O) groups is 1. The average Bonchev–Trinajstić information content (AvgIpc) is 3.16. The molecule has 2 N–H and O–H groups in total. The molecule has 1 atom stereocenters. The first-order valence-corrected chi connectivity index (χ1v) is 8.60. The van der Waals surface area contributed by atoms with Gasteiger partial charge in [-0.3, -0.25) is 4.79 Å². The van der Waals surface area contributed by atoms with Crippen molar-refractivity contribution in [3.05, 3.63) is 41.0 Å². The van der Waals surface area contributed by atoms with Gasteiger partial charge in [-0.05, 0) is 31.2 Å². The van der Waals surface area contributed by atoms with E-state index in [1.807, 2.05) is 30.3 Å². The summed E-state index contributed by atoms with van der Waals surface area (Å²) in [5.41, 5.74) is 1.64. The van der Waals surface area contributed by atoms with Gasteiger partial charge in [0.1, 0.15) is 5.82 Å². The van der Waals surface area contributed by atoms with Crippen molar-refractivity contribution in [1.82, 2.24) is 15.1 Å². The van der Waals surface area contributed by atoms with E-state index >= 15 is 0 Å². The molecule has 2 aromatic rings. The lowest BCUT2D eigenvalue weighted by Gasteiger charge is -2.14. The van der Waals surface area contributed by atoms with Crippen LogP contribution in [0, 0.1) is 5.92 Å². The molecule has 5 nitrogen and oxygen atoms in total. The van der Waals surface area contributed by atoms with Crippen molar-refractivity contribution in [2.45, 2.75) is 32.6 Å². The maximum absolute atomic E-state index is 12.5. The van der Waals surface area contributed by atoms with Crippen LogP contribution in [-0.4, -0.2) is 28.8 Å². The van der Waals surface area contributed by atoms with Crippen LogP contribution >= 0.6 is 24.0 Å². The third-order valence-corrected chi connectivity index (χ3v) is 4.45. The molecule has 0 saturated carbocycles. The smallest absolute Gasteiger partial charge is 0.229 e. The number of amides is 1. The predicted molar refractivity (Wildman–Crippen MR) is 104 cm³/mol. The molecule has 1 aromatic carbocycles. The van der Waals surface area contributed by atoms with Gasteiger partial charge in [0.05, 0.1) is 17.3 Å². The second-order valence-electron chi connectivity index (χ2n) is 7.24. The van der Waals surface area contributed by atoms with Crippen LogP contribution in [0.5, 0.6) is 0 Å². The summed E-state index contributed by atoms with van der Waals surface area (Å²) in [6, 6.07) is 9.41. The standard InChI is InChI=1S/C18H23ClN4O.ClH/c1-18(2,3)15-10-16(21-17(24)12-7-8-20-11-12)23(22-15)14-6-4-5-13(19)9-14;/h4-6,9-10,12,20H,7-8,11H2,1-3H3,(H,21,24);1H. The Morgan fingerprint density at radius 1 is 1.36 bits per heavy atom. The number of carbonyl (C=O) groups excluding carboxylic acids is 1. The molecule has 1 saturated heterocycles. The van der Waals surface area contributed by atoms with Gasteiger partial charge in [0.25, 0.3) is 0 Å². The lowest BCUT2D eigenvalue weighted by Crippen LogP contribution is -2.25. The van der Waals surface area contributed by atoms with E-state index in [2.05, 4.69) is 31.4 Å². The van der Waals surface area contributed by atoms with Gasteiger partial charge in [-0.15, -0.1) is 12.4 Å². The summed E-state index contributed by atoms with van der Waals surface area (Å²) in [6.45, 7) is 7.92. The first-order chi connectivity index (χ1) is 11.3. The van der Waals surface area contributed by atoms with Gasteiger partial charge in [-0.2, -0.15) is 5.10 Å². The van der Waals surface area contributed by atoms with E-state index in [1.165, 1.54) is 0 Å². The van der Waals surface area contributed by atoms with E-state index in [1.54, 1.807) is 4.68 Å². The summed E-state index contributed by atoms with van der Waals surface area (Å²) in [6.07, 6.45) is 0.864. The highest BCUT2D eigenvalue weighted by Crippen LogP contribution is 2.27. The summed E-state index contributed by atoms with van der Waals surface area (Å²) in [5.74, 6) is 0.716. The molecule has 1 fully saturated rings. The fraction of sp³-hybridized carbons (Fsp3) is 0.444. The minimum Gasteiger partial charge on any atom is -0.316 e. The molecule has 1 unspecified atom stereocenters. The van der Waals surface area contributed by atoms with E-state index in [0.717, 1.165) is 30.9 Å². The van der Waals surface area contributed by atoms with E-state index in [9.17, 15) is 4.79 Å². The topological polar surface area (TPSA) is 59.0 Å². The Bertz CT molecular complexity index is 746. The zero-order chi connectivity index (χ0) is 17.3. The minimum atomic E-state index is -0.113. The Hall–Kier alpha value is -1.56. The van der Waals surface area contributed by atoms with Crippen molar-refractivity contribution in [1.29, 1.82) is 0 Å². The van der Waals surface area contributed by atoms with Crippen LogP contribution in [0.25, 0.3) is 5.69 Å². The number of hydrogen-bond donors (Lipinski definition) is 2. The maximum atomic E-state index is 12.5. The Morgan fingerprint density at radius 3 is 2.72 bits per heavy atom. The zero-order valence-electron chi connectivity index (χ0n) is 14.7. The second kappa shape index (κ2) is 7.77. The molecule has 1 aliphatic rings. The first kappa shape index (κ1) is 19.8. The van der Waals surface area contributed by atoms with Crippen molar-refractivity contribution < 1.29 is 4.79 Å². The number of nitrogens with one attached hydrogen (secondary N) is 2. The molecule has 2 heterocycles. The summed E-state index contributed by atoms with van der Waals surface area (Å²) in [5, 5.41) is 11.6. The lowest BCUT2D eigenvalue weighted by molar-refractivity contribution is -0.119. The van der Waals surface area contributed by atoms with Crippen molar-refractivity contribution >= 4 is 35.7 Å². The van der Waals surface area contributed by atoms with Crippen LogP contribution in [0.15, 0.2) is 30.3 Å². The van der Waals surface area contributed by atoms with E-state index < -0.39 is 0 Å². The SMILES string of the molecule is CC(C)(C)c1cc(NC(=O)C2CCNC2)n(-c2cccc(Cl)c2)n1.Cl. The Morgan fingerprint density at radius 2 is 2.12 bits per heavy atom. The molecule has 25 heavy (non-hydrogen) atoms. The predicted octanol–water partition coefficient (Wildman–Crippen LogP) is 3.79. The molecular weight excluding hydrogens is 359 g/mol. The molecule has 1 aliphatic heterocycles. The van der Waals surface area contributed by atoms with Gasteiger partial charge in [0.2, 0.25) is 5.91 Å². The largest absolute Gasteiger partial charge is 0.316 e. The van der Waals surface area contributed by atoms with E-state index in [-0.39, 0.29) is 29.6 Å². The molecule has 3 rings (SSSR count). The monoisotopic (exact) mass is 382 g/mol. The van der Waals surface area contributed by atoms with Gasteiger partial charge in [0.15, 0.2) is 0 Å². The number of nitrogens with zero attached hydrogens (tertiary/aromatic N) is 2. The van der Waals surface area contributed by atoms with Crippen molar-refractivity contribution in [2.24, 2.45) is 5.92 Å². The van der Waals surface area contributed by atoms with Crippen LogP contribution in [0.3, 0.4) is 0 Å². The normalized spacial score (nSPS) is 17.2. The van der Waals surface area contributed by atoms with Gasteiger partial charge in [-0.25, -0.2) is 4.68 Å². The van der Waals surface area contributed by atoms with Crippen molar-refractivity contribution in [3.63, 3.8) is 0 Å². The second-order valence-corrected chi connectivity index (χ2v) is 7.67. The number of halogens is 2. The number of benzene rings is 1. The highest BCUT2D eigenvalue weighted by Gasteiger charge is 2.26. The zero-order valence-corrected chi connectivity index (χ0v) is 16.2. The summed E-state index contributed by atoms with van der Waals surface area (Å²) < 4.78 is 1.76. The third kappa shape index (κ3) is 4.54. The molecule has 0 spiro atoms. The molecular formula is C18H24Cl2N4O. The summed E-state index contributed by atoms with van der Waals surface area (Å²) >= 11 is 6.12. The van der Waals surface area contributed by atoms with Gasteiger partial charge < -0.3 is 10.6 Å². The van der Waals surface area contributed by atoms with E-state index in [0.29, 0.717) is 10.8 Å². The van der Waals surface area contributed by atoms with Crippen LogP contribution < -0.4 is 10.6 Å². The number of anilines is 1. The van der Waals surface area contributed by atoms with Crippen LogP contribution in [0.1, 0.15) is 32.9 Å². The van der Waals surface area contributed by atoms with Crippen LogP contribution in [-0.2, 0) is 10.2 Å². The Balaban J connectivity index is 0.00000225. The molecule has 0 bridgehead atoms. The van der Waals surface area contributed by atoms with Gasteiger partial charge >= 0.3 is 0 Å². The number of aromatic nitrogens is 2. The first-order valence-electron chi connectivity index (χ1n) is 8.22. The minimum absolute atomic E-state index is 0. The van der Waals surface area contributed by atoms with Crippen molar-refractivity contribution in [2.75, 3.05) is 18.4 Å². The average molecular weight is 383 g/mol. The number of rotatable bonds is 3. The molecule has 0 radical (unpaired) electrons. The fourth-order valence-corrected chi connectivity index (χ4v) is 2.93. The number of hydrogen-bond acceptors (Lipinski definition) is 3. The van der Waals surface area contributed by atoms with Crippen LogP contribution in [0.2, 0.25) is 5.02 Å². The quantitative estimate of drug-likeness (QED) is 0.848. The molecule has 7 heteroatoms. The lowest BCUT2D eigenvalue weighted by atomic mass is 9.92. The van der Waals surface area contributed by atoms with Gasteiger partial charge in [-0.1, -0.05) is 38.4 Å². The highest BCUT2D eigenvalue weighted by molar-refractivity contribution is 6.30. The Labute approximate surface area is 159 Å². The maximum Gasteiger partial charge on any atom is 0.229 e. The Kier molecular flexibility index (Phi) is 6.14. The van der Waals surface area contributed by atoms with Crippen molar-refractivity contribution in [3.8, 4) is 5.69 Å². The molecule has 1 amide bonds. The van der Waals surface area contributed by atoms with Gasteiger partial charge in [0, 0.05) is 23.0 Å². The molecule has 136 valence electrons. The highest BCUT2D eigenvalue weighted by atomic mass is 35.5. The fourth-order valence-electron chi connectivity index (χ4n) is 2.75. The third-order valence-electron chi connectivity index (χ3n) is 4.21. The molecule has 0 aliphatic carbocycles. The van der Waals surface area contributed by atoms with Crippen LogP contribution in [0.4, 0.5) is 5.82 Å². The molecule has 1 aromatic heterocycles.